The molecule has 0 unspecified atom stereocenters. The van der Waals surface area contributed by atoms with Gasteiger partial charge in [0.15, 0.2) is 4.80 Å². The number of thiazole rings is 1. The molecule has 0 bridgehead atoms. The van der Waals surface area contributed by atoms with E-state index in [4.69, 9.17) is 19.2 Å². The Morgan fingerprint density at radius 1 is 1.05 bits per heavy atom. The number of benzene rings is 3. The molecule has 2 heterocycles. The van der Waals surface area contributed by atoms with Gasteiger partial charge in [0.05, 0.1) is 35.6 Å². The van der Waals surface area contributed by atoms with Crippen molar-refractivity contribution in [1.29, 1.82) is 0 Å². The number of aromatic nitrogens is 1. The third-order valence-electron chi connectivity index (χ3n) is 6.33. The van der Waals surface area contributed by atoms with Crippen molar-refractivity contribution in [2.75, 3.05) is 20.3 Å². The molecule has 7 nitrogen and oxygen atoms in total. The van der Waals surface area contributed by atoms with E-state index in [1.165, 1.54) is 11.3 Å². The first-order chi connectivity index (χ1) is 19.5. The van der Waals surface area contributed by atoms with Crippen molar-refractivity contribution >= 4 is 29.1 Å². The number of esters is 1. The summed E-state index contributed by atoms with van der Waals surface area (Å²) in [6.45, 7) is 6.02. The molecule has 0 aliphatic carbocycles. The number of carbonyl (C=O) groups excluding carboxylic acids is 1. The minimum absolute atomic E-state index is 0.187. The van der Waals surface area contributed by atoms with Gasteiger partial charge in [-0.25, -0.2) is 9.79 Å². The summed E-state index contributed by atoms with van der Waals surface area (Å²) >= 11 is 1.27. The van der Waals surface area contributed by atoms with Crippen LogP contribution in [0.3, 0.4) is 0 Å². The maximum absolute atomic E-state index is 14.0. The fraction of sp³-hybridized carbons (Fsp3) is 0.156. The molecular formula is C32H28N2O5S. The Morgan fingerprint density at radius 3 is 2.52 bits per heavy atom. The SMILES string of the molecule is C=CCOc1ccc(/C=c2\sc3n(c2=O)[C@H](c2cccc(OC)c2)C(C(=O)OCC)=C(c2ccccc2)N=3)cc1. The summed E-state index contributed by atoms with van der Waals surface area (Å²) < 4.78 is 18.6. The second-order valence-electron chi connectivity index (χ2n) is 8.88. The Kier molecular flexibility index (Phi) is 8.07. The second-order valence-corrected chi connectivity index (χ2v) is 9.89. The van der Waals surface area contributed by atoms with Crippen LogP contribution in [0.4, 0.5) is 0 Å². The van der Waals surface area contributed by atoms with Gasteiger partial charge >= 0.3 is 5.97 Å². The van der Waals surface area contributed by atoms with E-state index < -0.39 is 12.0 Å². The topological polar surface area (TPSA) is 79.1 Å². The minimum Gasteiger partial charge on any atom is -0.497 e. The average Bonchev–Trinajstić information content (AvgIpc) is 3.30. The Morgan fingerprint density at radius 2 is 1.82 bits per heavy atom. The first kappa shape index (κ1) is 26.9. The molecule has 202 valence electrons. The molecule has 0 spiro atoms. The standard InChI is InChI=1S/C32H28N2O5S/c1-4-18-39-24-16-14-21(15-17-24)19-26-30(35)34-29(23-12-9-13-25(20-23)37-3)27(31(36)38-5-2)28(33-32(34)40-26)22-10-7-6-8-11-22/h4,6-17,19-20,29H,1,5,18H2,2-3H3/b26-19-/t29-/m1/s1. The zero-order chi connectivity index (χ0) is 28.1. The summed E-state index contributed by atoms with van der Waals surface area (Å²) in [6, 6.07) is 23.5. The van der Waals surface area contributed by atoms with Crippen molar-refractivity contribution in [2.24, 2.45) is 4.99 Å². The predicted octanol–water partition coefficient (Wildman–Crippen LogP) is 4.51. The van der Waals surface area contributed by atoms with Crippen LogP contribution in [0.5, 0.6) is 11.5 Å². The molecule has 0 fully saturated rings. The van der Waals surface area contributed by atoms with E-state index in [9.17, 15) is 9.59 Å². The molecule has 1 aromatic heterocycles. The molecule has 0 N–H and O–H groups in total. The summed E-state index contributed by atoms with van der Waals surface area (Å²) in [6.07, 6.45) is 3.50. The quantitative estimate of drug-likeness (QED) is 0.226. The second kappa shape index (κ2) is 12.0. The smallest absolute Gasteiger partial charge is 0.338 e. The van der Waals surface area contributed by atoms with Crippen LogP contribution in [0.15, 0.2) is 107 Å². The summed E-state index contributed by atoms with van der Waals surface area (Å²) in [5, 5.41) is 0. The average molecular weight is 553 g/mol. The molecule has 0 amide bonds. The highest BCUT2D eigenvalue weighted by Gasteiger charge is 2.35. The molecule has 0 saturated carbocycles. The number of hydrogen-bond acceptors (Lipinski definition) is 7. The largest absolute Gasteiger partial charge is 0.497 e. The molecular weight excluding hydrogens is 524 g/mol. The van der Waals surface area contributed by atoms with E-state index in [0.717, 1.165) is 11.1 Å². The third kappa shape index (κ3) is 5.39. The Hall–Kier alpha value is -4.69. The van der Waals surface area contributed by atoms with Gasteiger partial charge in [-0.2, -0.15) is 0 Å². The van der Waals surface area contributed by atoms with Crippen LogP contribution in [0.2, 0.25) is 0 Å². The van der Waals surface area contributed by atoms with E-state index in [2.05, 4.69) is 6.58 Å². The molecule has 1 aliphatic heterocycles. The van der Waals surface area contributed by atoms with Gasteiger partial charge in [0.1, 0.15) is 18.1 Å². The molecule has 4 aromatic rings. The van der Waals surface area contributed by atoms with Gasteiger partial charge in [0.25, 0.3) is 5.56 Å². The first-order valence-corrected chi connectivity index (χ1v) is 13.6. The number of fused-ring (bicyclic) bond motifs is 1. The fourth-order valence-corrected chi connectivity index (χ4v) is 5.54. The van der Waals surface area contributed by atoms with Crippen molar-refractivity contribution in [1.82, 2.24) is 4.57 Å². The normalized spacial score (nSPS) is 14.8. The van der Waals surface area contributed by atoms with E-state index in [1.54, 1.807) is 24.7 Å². The highest BCUT2D eigenvalue weighted by Crippen LogP contribution is 2.36. The molecule has 0 radical (unpaired) electrons. The van der Waals surface area contributed by atoms with Gasteiger partial charge in [-0.05, 0) is 48.4 Å². The van der Waals surface area contributed by atoms with Crippen LogP contribution in [0.25, 0.3) is 11.8 Å². The fourth-order valence-electron chi connectivity index (χ4n) is 4.53. The van der Waals surface area contributed by atoms with Gasteiger partial charge in [-0.1, -0.05) is 78.6 Å². The van der Waals surface area contributed by atoms with Crippen molar-refractivity contribution < 1.29 is 19.0 Å². The van der Waals surface area contributed by atoms with E-state index in [-0.39, 0.29) is 12.2 Å². The van der Waals surface area contributed by atoms with Gasteiger partial charge in [-0.15, -0.1) is 0 Å². The maximum Gasteiger partial charge on any atom is 0.338 e. The number of methoxy groups -OCH3 is 1. The molecule has 5 rings (SSSR count). The zero-order valence-corrected chi connectivity index (χ0v) is 23.0. The van der Waals surface area contributed by atoms with Crippen molar-refractivity contribution in [3.8, 4) is 11.5 Å². The molecule has 40 heavy (non-hydrogen) atoms. The van der Waals surface area contributed by atoms with Crippen molar-refractivity contribution in [3.05, 3.63) is 133 Å². The maximum atomic E-state index is 14.0. The predicted molar refractivity (Wildman–Crippen MR) is 156 cm³/mol. The van der Waals surface area contributed by atoms with Crippen LogP contribution >= 0.6 is 11.3 Å². The molecule has 1 atom stereocenters. The van der Waals surface area contributed by atoms with Gasteiger partial charge in [-0.3, -0.25) is 9.36 Å². The number of carbonyl (C=O) groups is 1. The van der Waals surface area contributed by atoms with Crippen LogP contribution in [0.1, 0.15) is 29.7 Å². The zero-order valence-electron chi connectivity index (χ0n) is 22.2. The van der Waals surface area contributed by atoms with Crippen LogP contribution < -0.4 is 24.4 Å². The van der Waals surface area contributed by atoms with E-state index >= 15 is 0 Å². The summed E-state index contributed by atoms with van der Waals surface area (Å²) in [5.41, 5.74) is 2.82. The Balaban J connectivity index is 1.75. The molecule has 8 heteroatoms. The monoisotopic (exact) mass is 552 g/mol. The van der Waals surface area contributed by atoms with E-state index in [1.807, 2.05) is 84.9 Å². The van der Waals surface area contributed by atoms with Gasteiger partial charge in [0, 0.05) is 5.56 Å². The van der Waals surface area contributed by atoms with E-state index in [0.29, 0.717) is 44.3 Å². The lowest BCUT2D eigenvalue weighted by Gasteiger charge is -2.26. The molecule has 1 aliphatic rings. The third-order valence-corrected chi connectivity index (χ3v) is 7.31. The molecule has 0 saturated heterocycles. The number of nitrogens with zero attached hydrogens (tertiary/aromatic N) is 2. The highest BCUT2D eigenvalue weighted by molar-refractivity contribution is 7.07. The van der Waals surface area contributed by atoms with Gasteiger partial charge < -0.3 is 14.2 Å². The lowest BCUT2D eigenvalue weighted by atomic mass is 9.93. The molecule has 3 aromatic carbocycles. The Labute approximate surface area is 235 Å². The Bertz CT molecular complexity index is 1750. The number of hydrogen-bond donors (Lipinski definition) is 0. The first-order valence-electron chi connectivity index (χ1n) is 12.8. The van der Waals surface area contributed by atoms with Crippen molar-refractivity contribution in [2.45, 2.75) is 13.0 Å². The highest BCUT2D eigenvalue weighted by atomic mass is 32.1. The van der Waals surface area contributed by atoms with Crippen LogP contribution in [-0.2, 0) is 9.53 Å². The van der Waals surface area contributed by atoms with Crippen LogP contribution in [0, 0.1) is 0 Å². The minimum atomic E-state index is -0.766. The lowest BCUT2D eigenvalue weighted by molar-refractivity contribution is -0.138. The van der Waals surface area contributed by atoms with Crippen molar-refractivity contribution in [3.63, 3.8) is 0 Å². The van der Waals surface area contributed by atoms with Gasteiger partial charge in [0.2, 0.25) is 0 Å². The number of rotatable bonds is 9. The van der Waals surface area contributed by atoms with Crippen LogP contribution in [-0.4, -0.2) is 30.9 Å². The lowest BCUT2D eigenvalue weighted by Crippen LogP contribution is -2.40. The number of ether oxygens (including phenoxy) is 3. The summed E-state index contributed by atoms with van der Waals surface area (Å²) in [5.74, 6) is 0.797. The summed E-state index contributed by atoms with van der Waals surface area (Å²) in [7, 11) is 1.58. The summed E-state index contributed by atoms with van der Waals surface area (Å²) in [4.78, 5) is 32.9.